The molecule has 0 saturated heterocycles. The summed E-state index contributed by atoms with van der Waals surface area (Å²) in [5.74, 6) is 0.755. The van der Waals surface area contributed by atoms with Crippen LogP contribution in [-0.4, -0.2) is 29.0 Å². The molecule has 102 valence electrons. The fourth-order valence-corrected chi connectivity index (χ4v) is 2.62. The standard InChI is InChI=1S/C13H19N5S/c1-9-11(5-14-3)6-15-13(17-9)18(4)7-12-10(2)16-8-19-12/h6,8,14H,5,7H2,1-4H3. The summed E-state index contributed by atoms with van der Waals surface area (Å²) in [5, 5.41) is 3.12. The Morgan fingerprint density at radius 3 is 2.63 bits per heavy atom. The van der Waals surface area contributed by atoms with Gasteiger partial charge in [-0.25, -0.2) is 15.0 Å². The Labute approximate surface area is 117 Å². The van der Waals surface area contributed by atoms with Crippen molar-refractivity contribution in [2.45, 2.75) is 26.9 Å². The Hall–Kier alpha value is -1.53. The van der Waals surface area contributed by atoms with Crippen LogP contribution in [0.2, 0.25) is 0 Å². The van der Waals surface area contributed by atoms with E-state index in [1.165, 1.54) is 4.88 Å². The highest BCUT2D eigenvalue weighted by Gasteiger charge is 2.10. The van der Waals surface area contributed by atoms with Gasteiger partial charge in [-0.2, -0.15) is 0 Å². The number of thiazole rings is 1. The maximum atomic E-state index is 4.56. The number of nitrogens with zero attached hydrogens (tertiary/aromatic N) is 4. The van der Waals surface area contributed by atoms with Crippen LogP contribution in [-0.2, 0) is 13.1 Å². The lowest BCUT2D eigenvalue weighted by atomic mass is 10.2. The molecule has 0 spiro atoms. The first kappa shape index (κ1) is 13.9. The molecular weight excluding hydrogens is 258 g/mol. The van der Waals surface area contributed by atoms with Crippen LogP contribution < -0.4 is 10.2 Å². The van der Waals surface area contributed by atoms with Gasteiger partial charge in [0.1, 0.15) is 0 Å². The molecule has 0 unspecified atom stereocenters. The van der Waals surface area contributed by atoms with Gasteiger partial charge in [0.15, 0.2) is 0 Å². The van der Waals surface area contributed by atoms with Crippen molar-refractivity contribution >= 4 is 17.3 Å². The molecule has 2 rings (SSSR count). The summed E-state index contributed by atoms with van der Waals surface area (Å²) in [7, 11) is 3.93. The molecule has 0 aliphatic rings. The van der Waals surface area contributed by atoms with Crippen molar-refractivity contribution in [3.63, 3.8) is 0 Å². The van der Waals surface area contributed by atoms with Gasteiger partial charge < -0.3 is 10.2 Å². The Morgan fingerprint density at radius 1 is 1.26 bits per heavy atom. The quantitative estimate of drug-likeness (QED) is 0.904. The van der Waals surface area contributed by atoms with Gasteiger partial charge in [0.2, 0.25) is 5.95 Å². The van der Waals surface area contributed by atoms with Gasteiger partial charge in [-0.05, 0) is 20.9 Å². The Bertz CT molecular complexity index is 552. The van der Waals surface area contributed by atoms with Gasteiger partial charge in [-0.1, -0.05) is 0 Å². The third-order valence-electron chi connectivity index (χ3n) is 3.00. The van der Waals surface area contributed by atoms with Gasteiger partial charge in [0.05, 0.1) is 17.7 Å². The van der Waals surface area contributed by atoms with Crippen LogP contribution in [0.1, 0.15) is 21.8 Å². The summed E-state index contributed by atoms with van der Waals surface area (Å²) in [6.07, 6.45) is 1.89. The van der Waals surface area contributed by atoms with Gasteiger partial charge in [-0.15, -0.1) is 11.3 Å². The second-order valence-electron chi connectivity index (χ2n) is 4.53. The highest BCUT2D eigenvalue weighted by Crippen LogP contribution is 2.17. The number of anilines is 1. The van der Waals surface area contributed by atoms with E-state index in [-0.39, 0.29) is 0 Å². The van der Waals surface area contributed by atoms with E-state index in [0.717, 1.165) is 36.0 Å². The molecule has 1 N–H and O–H groups in total. The van der Waals surface area contributed by atoms with Crippen molar-refractivity contribution < 1.29 is 0 Å². The predicted molar refractivity (Wildman–Crippen MR) is 78.5 cm³/mol. The minimum atomic E-state index is 0.755. The van der Waals surface area contributed by atoms with Crippen molar-refractivity contribution in [1.82, 2.24) is 20.3 Å². The second kappa shape index (κ2) is 6.08. The number of hydrogen-bond donors (Lipinski definition) is 1. The molecule has 5 nitrogen and oxygen atoms in total. The SMILES string of the molecule is CNCc1cnc(N(C)Cc2scnc2C)nc1C. The lowest BCUT2D eigenvalue weighted by molar-refractivity contribution is 0.786. The molecule has 0 amide bonds. The van der Waals surface area contributed by atoms with Crippen molar-refractivity contribution in [3.8, 4) is 0 Å². The summed E-state index contributed by atoms with van der Waals surface area (Å²) in [6, 6.07) is 0. The fraction of sp³-hybridized carbons (Fsp3) is 0.462. The smallest absolute Gasteiger partial charge is 0.225 e. The summed E-state index contributed by atoms with van der Waals surface area (Å²) >= 11 is 1.67. The van der Waals surface area contributed by atoms with E-state index in [9.17, 15) is 0 Å². The number of aryl methyl sites for hydroxylation is 2. The molecule has 2 heterocycles. The Kier molecular flexibility index (Phi) is 4.44. The average Bonchev–Trinajstić information content (AvgIpc) is 2.78. The third kappa shape index (κ3) is 3.27. The Balaban J connectivity index is 2.13. The van der Waals surface area contributed by atoms with Crippen LogP contribution in [0.3, 0.4) is 0 Å². The third-order valence-corrected chi connectivity index (χ3v) is 3.92. The van der Waals surface area contributed by atoms with Crippen LogP contribution in [0, 0.1) is 13.8 Å². The lowest BCUT2D eigenvalue weighted by Gasteiger charge is -2.17. The summed E-state index contributed by atoms with van der Waals surface area (Å²) in [4.78, 5) is 16.6. The molecule has 0 fully saturated rings. The number of hydrogen-bond acceptors (Lipinski definition) is 6. The number of rotatable bonds is 5. The lowest BCUT2D eigenvalue weighted by Crippen LogP contribution is -2.20. The largest absolute Gasteiger partial charge is 0.339 e. The van der Waals surface area contributed by atoms with Crippen LogP contribution in [0.4, 0.5) is 5.95 Å². The van der Waals surface area contributed by atoms with E-state index < -0.39 is 0 Å². The minimum absolute atomic E-state index is 0.755. The molecule has 0 aromatic carbocycles. The first-order valence-electron chi connectivity index (χ1n) is 6.19. The highest BCUT2D eigenvalue weighted by atomic mass is 32.1. The fourth-order valence-electron chi connectivity index (χ4n) is 1.79. The van der Waals surface area contributed by atoms with Crippen LogP contribution >= 0.6 is 11.3 Å². The molecule has 0 bridgehead atoms. The van der Waals surface area contributed by atoms with Gasteiger partial charge >= 0.3 is 0 Å². The summed E-state index contributed by atoms with van der Waals surface area (Å²) in [5.41, 5.74) is 5.11. The van der Waals surface area contributed by atoms with Crippen LogP contribution in [0.5, 0.6) is 0 Å². The molecule has 0 aliphatic carbocycles. The van der Waals surface area contributed by atoms with E-state index in [4.69, 9.17) is 0 Å². The van der Waals surface area contributed by atoms with Crippen molar-refractivity contribution in [1.29, 1.82) is 0 Å². The summed E-state index contributed by atoms with van der Waals surface area (Å²) in [6.45, 7) is 5.64. The van der Waals surface area contributed by atoms with Crippen molar-refractivity contribution in [2.24, 2.45) is 0 Å². The van der Waals surface area contributed by atoms with E-state index >= 15 is 0 Å². The highest BCUT2D eigenvalue weighted by molar-refractivity contribution is 7.09. The zero-order valence-electron chi connectivity index (χ0n) is 11.8. The van der Waals surface area contributed by atoms with E-state index in [1.54, 1.807) is 11.3 Å². The zero-order valence-corrected chi connectivity index (χ0v) is 12.6. The molecule has 2 aromatic rings. The van der Waals surface area contributed by atoms with Crippen molar-refractivity contribution in [3.05, 3.63) is 33.5 Å². The first-order valence-corrected chi connectivity index (χ1v) is 7.07. The maximum absolute atomic E-state index is 4.56. The zero-order chi connectivity index (χ0) is 13.8. The molecule has 6 heteroatoms. The van der Waals surface area contributed by atoms with E-state index in [2.05, 4.69) is 25.2 Å². The predicted octanol–water partition coefficient (Wildman–Crippen LogP) is 1.91. The average molecular weight is 277 g/mol. The van der Waals surface area contributed by atoms with Crippen LogP contribution in [0.15, 0.2) is 11.7 Å². The summed E-state index contributed by atoms with van der Waals surface area (Å²) < 4.78 is 0. The van der Waals surface area contributed by atoms with Crippen LogP contribution in [0.25, 0.3) is 0 Å². The molecule has 0 radical (unpaired) electrons. The number of aromatic nitrogens is 3. The van der Waals surface area contributed by atoms with E-state index in [0.29, 0.717) is 0 Å². The second-order valence-corrected chi connectivity index (χ2v) is 5.47. The van der Waals surface area contributed by atoms with Crippen molar-refractivity contribution in [2.75, 3.05) is 19.0 Å². The molecule has 0 saturated carbocycles. The monoisotopic (exact) mass is 277 g/mol. The minimum Gasteiger partial charge on any atom is -0.339 e. The van der Waals surface area contributed by atoms with Gasteiger partial charge in [0, 0.05) is 35.9 Å². The Morgan fingerprint density at radius 2 is 2.05 bits per heavy atom. The molecule has 0 aliphatic heterocycles. The van der Waals surface area contributed by atoms with E-state index in [1.807, 2.05) is 39.7 Å². The normalized spacial score (nSPS) is 10.7. The molecule has 0 atom stereocenters. The molecular formula is C13H19N5S. The first-order chi connectivity index (χ1) is 9.11. The number of nitrogens with one attached hydrogen (secondary N) is 1. The van der Waals surface area contributed by atoms with Gasteiger partial charge in [-0.3, -0.25) is 0 Å². The topological polar surface area (TPSA) is 53.9 Å². The molecule has 19 heavy (non-hydrogen) atoms. The molecule has 2 aromatic heterocycles. The van der Waals surface area contributed by atoms with Gasteiger partial charge in [0.25, 0.3) is 0 Å². The maximum Gasteiger partial charge on any atom is 0.225 e.